The van der Waals surface area contributed by atoms with Crippen LogP contribution in [0.15, 0.2) is 255 Å². The first-order chi connectivity index (χ1) is 38.6. The first-order valence-corrected chi connectivity index (χ1v) is 28.6. The lowest BCUT2D eigenvalue weighted by Crippen LogP contribution is -2.26. The molecule has 0 bridgehead atoms. The third-order valence-electron chi connectivity index (χ3n) is 18.0. The molecule has 0 fully saturated rings. The molecule has 0 N–H and O–H groups in total. The Balaban J connectivity index is 0.808. The molecule has 11 aromatic carbocycles. The van der Waals surface area contributed by atoms with Crippen LogP contribution < -0.4 is 4.90 Å². The predicted octanol–water partition coefficient (Wildman–Crippen LogP) is 21.3. The molecule has 1 nitrogen and oxygen atoms in total. The third kappa shape index (κ3) is 7.88. The van der Waals surface area contributed by atoms with Crippen molar-refractivity contribution < 1.29 is 0 Å². The molecule has 1 heteroatoms. The third-order valence-corrected chi connectivity index (χ3v) is 18.0. The Morgan fingerprint density at radius 3 is 1.15 bits per heavy atom. The molecule has 0 heterocycles. The van der Waals surface area contributed by atoms with Gasteiger partial charge >= 0.3 is 0 Å². The van der Waals surface area contributed by atoms with Crippen LogP contribution in [0.3, 0.4) is 0 Å². The van der Waals surface area contributed by atoms with Crippen LogP contribution in [0.25, 0.3) is 77.9 Å². The van der Waals surface area contributed by atoms with E-state index in [9.17, 15) is 0 Å². The van der Waals surface area contributed by atoms with Crippen LogP contribution in [0.1, 0.15) is 92.8 Å². The molecule has 2 unspecified atom stereocenters. The van der Waals surface area contributed by atoms with Gasteiger partial charge in [-0.05, 0) is 190 Å². The van der Waals surface area contributed by atoms with Crippen molar-refractivity contribution in [2.45, 2.75) is 64.7 Å². The van der Waals surface area contributed by atoms with Gasteiger partial charge in [0, 0.05) is 22.5 Å². The first kappa shape index (κ1) is 48.6. The minimum Gasteiger partial charge on any atom is -0.310 e. The van der Waals surface area contributed by atoms with Crippen molar-refractivity contribution in [2.75, 3.05) is 4.90 Å². The van der Waals surface area contributed by atoms with Gasteiger partial charge in [-0.2, -0.15) is 0 Å². The molecule has 0 saturated heterocycles. The summed E-state index contributed by atoms with van der Waals surface area (Å²) in [6, 6.07) is 96.3. The van der Waals surface area contributed by atoms with Crippen LogP contribution in [-0.4, -0.2) is 0 Å². The summed E-state index contributed by atoms with van der Waals surface area (Å²) in [4.78, 5) is 2.41. The summed E-state index contributed by atoms with van der Waals surface area (Å²) in [5, 5.41) is 0. The second-order valence-electron chi connectivity index (χ2n) is 23.7. The summed E-state index contributed by atoms with van der Waals surface area (Å²) in [5.74, 6) is 1.81. The maximum Gasteiger partial charge on any atom is 0.0725 e. The van der Waals surface area contributed by atoms with E-state index in [1.807, 2.05) is 0 Å². The second-order valence-corrected chi connectivity index (χ2v) is 23.7. The standard InChI is InChI=1S/C78H65N/c1-50(2)46-70(51(3)4)58-30-28-57(29-31-58)60-37-44-69-66-20-12-15-23-73(66)78(76(69)48-60)72-22-14-11-19-65(72)68-43-36-59(47-75(68)78)56-26-24-53(25-27-56)55-34-40-62(41-35-55)79(61-38-32-54(33-39-61)52-16-8-7-9-17-52)63-42-45-67-64-18-10-13-21-71(64)77(5,6)74(67)49-63/h7-45,47-51,70H,46H2,1-6H3. The molecule has 79 heavy (non-hydrogen) atoms. The maximum absolute atomic E-state index is 2.52. The maximum atomic E-state index is 2.52. The zero-order valence-electron chi connectivity index (χ0n) is 46.1. The Bertz CT molecular complexity index is 4090. The molecule has 0 radical (unpaired) electrons. The monoisotopic (exact) mass is 1020 g/mol. The average molecular weight is 1020 g/mol. The summed E-state index contributed by atoms with van der Waals surface area (Å²) in [7, 11) is 0. The minimum absolute atomic E-state index is 0.108. The fourth-order valence-corrected chi connectivity index (χ4v) is 14.1. The highest BCUT2D eigenvalue weighted by atomic mass is 15.1. The van der Waals surface area contributed by atoms with Crippen molar-refractivity contribution in [3.05, 3.63) is 294 Å². The molecule has 1 spiro atoms. The molecule has 0 amide bonds. The van der Waals surface area contributed by atoms with Gasteiger partial charge in [0.1, 0.15) is 0 Å². The van der Waals surface area contributed by atoms with Crippen molar-refractivity contribution in [3.8, 4) is 77.9 Å². The summed E-state index contributed by atoms with van der Waals surface area (Å²) >= 11 is 0. The minimum atomic E-state index is -0.454. The Morgan fingerprint density at radius 1 is 0.304 bits per heavy atom. The molecule has 0 aliphatic heterocycles. The highest BCUT2D eigenvalue weighted by molar-refractivity contribution is 5.97. The molecule has 2 atom stereocenters. The van der Waals surface area contributed by atoms with Crippen LogP contribution in [0.2, 0.25) is 0 Å². The number of hydrogen-bond donors (Lipinski definition) is 0. The van der Waals surface area contributed by atoms with Gasteiger partial charge in [0.05, 0.1) is 5.41 Å². The van der Waals surface area contributed by atoms with Crippen molar-refractivity contribution in [2.24, 2.45) is 11.8 Å². The summed E-state index contributed by atoms with van der Waals surface area (Å²) < 4.78 is 0. The number of rotatable bonds is 11. The highest BCUT2D eigenvalue weighted by Gasteiger charge is 2.52. The molecule has 3 aliphatic rings. The Labute approximate surface area is 467 Å². The summed E-state index contributed by atoms with van der Waals surface area (Å²) in [6.07, 6.45) is 1.20. The van der Waals surface area contributed by atoms with Gasteiger partial charge in [-0.3, -0.25) is 0 Å². The molecule has 0 saturated carbocycles. The van der Waals surface area contributed by atoms with Gasteiger partial charge in [0.2, 0.25) is 0 Å². The number of benzene rings is 11. The van der Waals surface area contributed by atoms with E-state index in [0.717, 1.165) is 17.1 Å². The van der Waals surface area contributed by atoms with E-state index in [-0.39, 0.29) is 5.41 Å². The fourth-order valence-electron chi connectivity index (χ4n) is 14.1. The number of hydrogen-bond acceptors (Lipinski definition) is 1. The van der Waals surface area contributed by atoms with E-state index < -0.39 is 5.41 Å². The van der Waals surface area contributed by atoms with Crippen LogP contribution in [0.4, 0.5) is 17.1 Å². The molecular weight excluding hydrogens is 951 g/mol. The second kappa shape index (κ2) is 19.0. The van der Waals surface area contributed by atoms with E-state index >= 15 is 0 Å². The molecule has 382 valence electrons. The van der Waals surface area contributed by atoms with Crippen molar-refractivity contribution in [1.82, 2.24) is 0 Å². The Hall–Kier alpha value is -8.78. The Morgan fingerprint density at radius 2 is 0.658 bits per heavy atom. The summed E-state index contributed by atoms with van der Waals surface area (Å²) in [5.41, 5.74) is 30.1. The van der Waals surface area contributed by atoms with E-state index in [1.54, 1.807) is 0 Å². The normalized spacial score (nSPS) is 15.3. The fraction of sp³-hybridized carbons (Fsp3) is 0.154. The molecule has 3 aliphatic carbocycles. The zero-order valence-corrected chi connectivity index (χ0v) is 46.1. The van der Waals surface area contributed by atoms with Crippen molar-refractivity contribution >= 4 is 17.1 Å². The molecule has 11 aromatic rings. The first-order valence-electron chi connectivity index (χ1n) is 28.6. The lowest BCUT2D eigenvalue weighted by atomic mass is 9.70. The van der Waals surface area contributed by atoms with Crippen molar-refractivity contribution in [3.63, 3.8) is 0 Å². The van der Waals surface area contributed by atoms with Gasteiger partial charge < -0.3 is 4.90 Å². The number of fused-ring (bicyclic) bond motifs is 13. The number of anilines is 3. The number of nitrogens with zero attached hydrogens (tertiary/aromatic N) is 1. The largest absolute Gasteiger partial charge is 0.310 e. The molecule has 0 aromatic heterocycles. The SMILES string of the molecule is CC(C)CC(c1ccc(-c2ccc3c(c2)C2(c4ccccc4-c4ccc(-c5ccc(-c6ccc(N(c7ccc(-c8ccccc8)cc7)c7ccc8c(c7)C(C)(C)c7ccccc7-8)cc6)cc5)cc42)c2ccccc2-3)cc1)C(C)C. The average Bonchev–Trinajstić information content (AvgIpc) is 4.11. The van der Waals surface area contributed by atoms with E-state index in [0.29, 0.717) is 17.8 Å². The molecule has 14 rings (SSSR count). The summed E-state index contributed by atoms with van der Waals surface area (Å²) in [6.45, 7) is 14.1. The Kier molecular flexibility index (Phi) is 11.7. The smallest absolute Gasteiger partial charge is 0.0725 e. The van der Waals surface area contributed by atoms with Gasteiger partial charge in [-0.1, -0.05) is 248 Å². The van der Waals surface area contributed by atoms with Crippen LogP contribution >= 0.6 is 0 Å². The van der Waals surface area contributed by atoms with Gasteiger partial charge in [0.15, 0.2) is 0 Å². The predicted molar refractivity (Wildman–Crippen MR) is 334 cm³/mol. The van der Waals surface area contributed by atoms with Gasteiger partial charge in [0.25, 0.3) is 0 Å². The van der Waals surface area contributed by atoms with Crippen LogP contribution in [-0.2, 0) is 10.8 Å². The van der Waals surface area contributed by atoms with Gasteiger partial charge in [-0.15, -0.1) is 0 Å². The zero-order chi connectivity index (χ0) is 53.6. The van der Waals surface area contributed by atoms with Crippen molar-refractivity contribution in [1.29, 1.82) is 0 Å². The quantitative estimate of drug-likeness (QED) is 0.125. The lowest BCUT2D eigenvalue weighted by Gasteiger charge is -2.31. The van der Waals surface area contributed by atoms with Crippen LogP contribution in [0.5, 0.6) is 0 Å². The lowest BCUT2D eigenvalue weighted by molar-refractivity contribution is 0.408. The van der Waals surface area contributed by atoms with E-state index in [2.05, 4.69) is 301 Å². The molecular formula is C78H65N. The topological polar surface area (TPSA) is 3.24 Å². The van der Waals surface area contributed by atoms with Crippen LogP contribution in [0, 0.1) is 11.8 Å². The van der Waals surface area contributed by atoms with E-state index in [1.165, 1.54) is 123 Å². The van der Waals surface area contributed by atoms with Gasteiger partial charge in [-0.25, -0.2) is 0 Å². The highest BCUT2D eigenvalue weighted by Crippen LogP contribution is 2.63. The van der Waals surface area contributed by atoms with E-state index in [4.69, 9.17) is 0 Å².